The van der Waals surface area contributed by atoms with Gasteiger partial charge in [-0.3, -0.25) is 4.79 Å². The lowest BCUT2D eigenvalue weighted by molar-refractivity contribution is 0.272. The first-order valence-electron chi connectivity index (χ1n) is 14.9. The van der Waals surface area contributed by atoms with Gasteiger partial charge in [0.2, 0.25) is 5.89 Å². The fourth-order valence-corrected chi connectivity index (χ4v) is 11.1. The zero-order chi connectivity index (χ0) is 28.9. The third-order valence-electron chi connectivity index (χ3n) is 8.75. The van der Waals surface area contributed by atoms with Gasteiger partial charge < -0.3 is 13.9 Å². The maximum absolute atomic E-state index is 12.7. The van der Waals surface area contributed by atoms with Gasteiger partial charge in [0.15, 0.2) is 7.26 Å². The van der Waals surface area contributed by atoms with Gasteiger partial charge in [0.25, 0.3) is 16.9 Å². The van der Waals surface area contributed by atoms with Crippen molar-refractivity contribution in [2.24, 2.45) is 5.92 Å². The van der Waals surface area contributed by atoms with Crippen LogP contribution in [-0.2, 0) is 12.0 Å². The summed E-state index contributed by atoms with van der Waals surface area (Å²) in [7, 11) is -2.46. The summed E-state index contributed by atoms with van der Waals surface area (Å²) in [6.07, 6.45) is 1.09. The lowest BCUT2D eigenvalue weighted by Gasteiger charge is -2.42. The van der Waals surface area contributed by atoms with Crippen LogP contribution in [-0.4, -0.2) is 22.6 Å². The van der Waals surface area contributed by atoms with E-state index in [1.165, 1.54) is 15.9 Å². The second-order valence-electron chi connectivity index (χ2n) is 12.7. The van der Waals surface area contributed by atoms with Crippen molar-refractivity contribution in [2.45, 2.75) is 45.1 Å². The number of hydrogen-bond acceptors (Lipinski definition) is 4. The van der Waals surface area contributed by atoms with E-state index in [0.29, 0.717) is 5.92 Å². The maximum atomic E-state index is 12.7. The molecule has 0 spiro atoms. The topological polar surface area (TPSA) is 51.3 Å². The van der Waals surface area contributed by atoms with Crippen LogP contribution in [0.1, 0.15) is 44.7 Å². The number of rotatable bonds is 5. The van der Waals surface area contributed by atoms with Gasteiger partial charge in [0.1, 0.15) is 15.9 Å². The normalized spacial score (nSPS) is 18.5. The van der Waals surface area contributed by atoms with Gasteiger partial charge in [-0.25, -0.2) is 0 Å². The van der Waals surface area contributed by atoms with E-state index >= 15 is 0 Å². The molecule has 3 aromatic carbocycles. The Morgan fingerprint density at radius 3 is 1.86 bits per heavy atom. The zero-order valence-electron chi connectivity index (χ0n) is 24.5. The molecule has 2 aromatic heterocycles. The van der Waals surface area contributed by atoms with Gasteiger partial charge in [-0.1, -0.05) is 81.4 Å². The Hall–Kier alpha value is -3.95. The van der Waals surface area contributed by atoms with Gasteiger partial charge in [-0.2, -0.15) is 4.98 Å². The van der Waals surface area contributed by atoms with E-state index in [9.17, 15) is 4.79 Å². The average Bonchev–Trinajstić information content (AvgIpc) is 3.47. The van der Waals surface area contributed by atoms with E-state index in [1.54, 1.807) is 6.07 Å². The highest BCUT2D eigenvalue weighted by Gasteiger charge is 2.54. The molecule has 0 N–H and O–H groups in total. The first-order valence-corrected chi connectivity index (χ1v) is 16.7. The largest absolute Gasteiger partial charge is 0.420 e. The summed E-state index contributed by atoms with van der Waals surface area (Å²) in [5.74, 6) is 2.27. The number of nitrogens with zero attached hydrogens (tertiary/aromatic N) is 3. The summed E-state index contributed by atoms with van der Waals surface area (Å²) in [4.78, 5) is 20.7. The number of pyridine rings is 1. The predicted molar refractivity (Wildman–Crippen MR) is 174 cm³/mol. The molecule has 0 amide bonds. The third-order valence-corrected chi connectivity index (χ3v) is 12.9. The molecule has 6 heteroatoms. The molecule has 2 aliphatic rings. The van der Waals surface area contributed by atoms with Gasteiger partial charge in [-0.15, -0.1) is 0 Å². The molecule has 42 heavy (non-hydrogen) atoms. The average molecular weight is 575 g/mol. The monoisotopic (exact) mass is 574 g/mol. The molecule has 4 heterocycles. The Labute approximate surface area is 248 Å². The van der Waals surface area contributed by atoms with Crippen LogP contribution in [0.4, 0.5) is 5.88 Å². The number of anilines is 1. The molecule has 2 bridgehead atoms. The van der Waals surface area contributed by atoms with Crippen LogP contribution in [0.5, 0.6) is 0 Å². The van der Waals surface area contributed by atoms with E-state index in [0.717, 1.165) is 49.0 Å². The lowest BCUT2D eigenvalue weighted by Crippen LogP contribution is -2.49. The highest BCUT2D eigenvalue weighted by molar-refractivity contribution is 8.01. The summed E-state index contributed by atoms with van der Waals surface area (Å²) in [6.45, 7) is 8.90. The molecule has 2 atom stereocenters. The molecule has 212 valence electrons. The Morgan fingerprint density at radius 1 is 0.738 bits per heavy atom. The first-order chi connectivity index (χ1) is 20.4. The van der Waals surface area contributed by atoms with Crippen LogP contribution in [0.25, 0.3) is 0 Å². The molecule has 0 aliphatic carbocycles. The fraction of sp³-hybridized carbons (Fsp3) is 0.278. The number of piperidine rings is 1. The standard InChI is InChI=1S/C36H37N3O2P/c1-36(2,3)35-37-33(34(41-35)38-23-26-22-27(25-38)31-20-13-21-32(40)39(31)24-26)42(28-14-7-4-8-15-28,29-16-9-5-10-17-29)30-18-11-6-12-19-30/h4-21,26-27H,22-25H2,1-3H3/q+1. The SMILES string of the molecule is CC(C)(C)c1nc([P+](c2ccccc2)(c2ccccc2)c2ccccc2)c(N2CC3CC(C2)c2cccc(=O)n2C3)o1. The van der Waals surface area contributed by atoms with Gasteiger partial charge >= 0.3 is 0 Å². The Balaban J connectivity index is 1.49. The second-order valence-corrected chi connectivity index (χ2v) is 16.0. The van der Waals surface area contributed by atoms with Crippen molar-refractivity contribution in [3.8, 4) is 0 Å². The minimum atomic E-state index is -2.46. The maximum Gasteiger partial charge on any atom is 0.261 e. The van der Waals surface area contributed by atoms with E-state index in [-0.39, 0.29) is 16.9 Å². The van der Waals surface area contributed by atoms with Crippen molar-refractivity contribution < 1.29 is 4.42 Å². The fourth-order valence-electron chi connectivity index (χ4n) is 6.88. The number of fused-ring (bicyclic) bond motifs is 4. The summed E-state index contributed by atoms with van der Waals surface area (Å²) in [5, 5.41) is 3.77. The van der Waals surface area contributed by atoms with Gasteiger partial charge in [-0.05, 0) is 54.8 Å². The molecule has 7 rings (SSSR count). The van der Waals surface area contributed by atoms with Crippen LogP contribution in [0.3, 0.4) is 0 Å². The molecule has 2 unspecified atom stereocenters. The predicted octanol–water partition coefficient (Wildman–Crippen LogP) is 5.38. The molecule has 1 fully saturated rings. The smallest absolute Gasteiger partial charge is 0.261 e. The molecular weight excluding hydrogens is 537 g/mol. The first kappa shape index (κ1) is 26.9. The Morgan fingerprint density at radius 2 is 1.31 bits per heavy atom. The van der Waals surface area contributed by atoms with Crippen LogP contribution < -0.4 is 31.8 Å². The van der Waals surface area contributed by atoms with Crippen molar-refractivity contribution in [3.05, 3.63) is 131 Å². The molecule has 1 saturated heterocycles. The minimum Gasteiger partial charge on any atom is -0.420 e. The van der Waals surface area contributed by atoms with E-state index < -0.39 is 7.26 Å². The second kappa shape index (κ2) is 10.4. The Kier molecular flexibility index (Phi) is 6.66. The van der Waals surface area contributed by atoms with Crippen LogP contribution >= 0.6 is 7.26 Å². The zero-order valence-corrected chi connectivity index (χ0v) is 25.4. The lowest BCUT2D eigenvalue weighted by atomic mass is 9.83. The van der Waals surface area contributed by atoms with E-state index in [1.807, 2.05) is 10.6 Å². The molecule has 5 nitrogen and oxygen atoms in total. The van der Waals surface area contributed by atoms with Crippen LogP contribution in [0.15, 0.2) is 118 Å². The minimum absolute atomic E-state index is 0.105. The Bertz CT molecular complexity index is 1660. The summed E-state index contributed by atoms with van der Waals surface area (Å²) in [5.41, 5.74) is 2.00. The number of hydrogen-bond donors (Lipinski definition) is 0. The molecule has 0 saturated carbocycles. The van der Waals surface area contributed by atoms with Gasteiger partial charge in [0, 0.05) is 42.7 Å². The van der Waals surface area contributed by atoms with Gasteiger partial charge in [0.05, 0.1) is 0 Å². The summed E-state index contributed by atoms with van der Waals surface area (Å²) in [6, 6.07) is 38.4. The van der Waals surface area contributed by atoms with Crippen LogP contribution in [0, 0.1) is 5.92 Å². The number of aromatic nitrogens is 2. The molecule has 2 aliphatic heterocycles. The van der Waals surface area contributed by atoms with Crippen molar-refractivity contribution in [2.75, 3.05) is 18.0 Å². The molecule has 0 radical (unpaired) electrons. The van der Waals surface area contributed by atoms with Crippen molar-refractivity contribution in [3.63, 3.8) is 0 Å². The highest BCUT2D eigenvalue weighted by atomic mass is 31.2. The number of oxazole rings is 1. The van der Waals surface area contributed by atoms with Crippen molar-refractivity contribution >= 4 is 34.5 Å². The summed E-state index contributed by atoms with van der Waals surface area (Å²) < 4.78 is 8.93. The highest BCUT2D eigenvalue weighted by Crippen LogP contribution is 2.56. The number of benzene rings is 3. The molecular formula is C36H37N3O2P+. The summed E-state index contributed by atoms with van der Waals surface area (Å²) >= 11 is 0. The van der Waals surface area contributed by atoms with E-state index in [4.69, 9.17) is 9.40 Å². The van der Waals surface area contributed by atoms with Crippen LogP contribution in [0.2, 0.25) is 0 Å². The third kappa shape index (κ3) is 4.42. The molecule has 5 aromatic rings. The van der Waals surface area contributed by atoms with E-state index in [2.05, 4.69) is 123 Å². The quantitative estimate of drug-likeness (QED) is 0.265. The van der Waals surface area contributed by atoms with Crippen molar-refractivity contribution in [1.29, 1.82) is 0 Å². The van der Waals surface area contributed by atoms with Crippen molar-refractivity contribution in [1.82, 2.24) is 9.55 Å².